The van der Waals surface area contributed by atoms with Crippen LogP contribution in [-0.4, -0.2) is 28.3 Å². The second-order valence-electron chi connectivity index (χ2n) is 6.50. The lowest BCUT2D eigenvalue weighted by Gasteiger charge is -2.30. The minimum Gasteiger partial charge on any atom is -0.351 e. The molecule has 26 heavy (non-hydrogen) atoms. The fourth-order valence-corrected chi connectivity index (χ4v) is 3.45. The quantitative estimate of drug-likeness (QED) is 0.700. The van der Waals surface area contributed by atoms with Crippen LogP contribution in [0.4, 0.5) is 17.5 Å². The summed E-state index contributed by atoms with van der Waals surface area (Å²) >= 11 is 0. The van der Waals surface area contributed by atoms with E-state index in [1.807, 2.05) is 6.07 Å². The molecule has 0 bridgehead atoms. The fraction of sp³-hybridized carbons (Fsp3) is 0.286. The number of anilines is 3. The van der Waals surface area contributed by atoms with Gasteiger partial charge in [-0.1, -0.05) is 48.5 Å². The number of aryl methyl sites for hydroxylation is 1. The molecule has 5 nitrogen and oxygen atoms in total. The molecule has 132 valence electrons. The number of nitrogens with zero attached hydrogens (tertiary/aromatic N) is 5. The van der Waals surface area contributed by atoms with Crippen LogP contribution in [0.15, 0.2) is 60.8 Å². The van der Waals surface area contributed by atoms with Crippen molar-refractivity contribution in [2.24, 2.45) is 0 Å². The molecule has 0 saturated heterocycles. The molecule has 1 aliphatic rings. The van der Waals surface area contributed by atoms with Crippen LogP contribution in [0.2, 0.25) is 0 Å². The largest absolute Gasteiger partial charge is 0.351 e. The smallest absolute Gasteiger partial charge is 0.251 e. The predicted molar refractivity (Wildman–Crippen MR) is 105 cm³/mol. The van der Waals surface area contributed by atoms with E-state index in [4.69, 9.17) is 4.98 Å². The summed E-state index contributed by atoms with van der Waals surface area (Å²) < 4.78 is 0. The van der Waals surface area contributed by atoms with Gasteiger partial charge >= 0.3 is 0 Å². The van der Waals surface area contributed by atoms with Crippen molar-refractivity contribution in [2.75, 3.05) is 22.9 Å². The Balaban J connectivity index is 1.62. The summed E-state index contributed by atoms with van der Waals surface area (Å²) in [6, 6.07) is 18.9. The molecule has 0 radical (unpaired) electrons. The first-order chi connectivity index (χ1) is 12.8. The Morgan fingerprint density at radius 1 is 1.04 bits per heavy atom. The Labute approximate surface area is 154 Å². The van der Waals surface area contributed by atoms with E-state index in [1.165, 1.54) is 16.8 Å². The minimum atomic E-state index is 0.682. The maximum Gasteiger partial charge on any atom is 0.251 e. The zero-order valence-electron chi connectivity index (χ0n) is 15.0. The standard InChI is InChI=1S/C21H23N5/c1-2-25(16-17-9-4-3-5-10-17)20-15-22-24-21(23-20)26-14-8-12-18-11-6-7-13-19(18)26/h3-7,9-11,13,15H,2,8,12,14,16H2,1H3. The molecule has 2 heterocycles. The Bertz CT molecular complexity index is 865. The van der Waals surface area contributed by atoms with E-state index in [-0.39, 0.29) is 0 Å². The van der Waals surface area contributed by atoms with Crippen LogP contribution in [0.5, 0.6) is 0 Å². The Hall–Kier alpha value is -2.95. The minimum absolute atomic E-state index is 0.682. The molecule has 1 aromatic heterocycles. The molecule has 5 heteroatoms. The van der Waals surface area contributed by atoms with E-state index in [1.54, 1.807) is 6.20 Å². The van der Waals surface area contributed by atoms with Gasteiger partial charge in [0.2, 0.25) is 0 Å². The molecule has 0 fully saturated rings. The van der Waals surface area contributed by atoms with E-state index in [0.717, 1.165) is 38.3 Å². The maximum atomic E-state index is 4.84. The van der Waals surface area contributed by atoms with Crippen molar-refractivity contribution < 1.29 is 0 Å². The van der Waals surface area contributed by atoms with Gasteiger partial charge in [-0.15, -0.1) is 5.10 Å². The maximum absolute atomic E-state index is 4.84. The van der Waals surface area contributed by atoms with Crippen molar-refractivity contribution in [3.63, 3.8) is 0 Å². The summed E-state index contributed by atoms with van der Waals surface area (Å²) in [6.45, 7) is 4.74. The molecule has 2 aromatic carbocycles. The molecule has 1 aliphatic heterocycles. The van der Waals surface area contributed by atoms with Crippen LogP contribution in [0.1, 0.15) is 24.5 Å². The third-order valence-electron chi connectivity index (χ3n) is 4.81. The van der Waals surface area contributed by atoms with Gasteiger partial charge in [0.15, 0.2) is 5.82 Å². The SMILES string of the molecule is CCN(Cc1ccccc1)c1cnnc(N2CCCc3ccccc32)n1. The topological polar surface area (TPSA) is 45.2 Å². The van der Waals surface area contributed by atoms with Crippen LogP contribution >= 0.6 is 0 Å². The molecule has 0 N–H and O–H groups in total. The second kappa shape index (κ2) is 7.52. The highest BCUT2D eigenvalue weighted by Gasteiger charge is 2.21. The van der Waals surface area contributed by atoms with Gasteiger partial charge in [-0.25, -0.2) is 0 Å². The summed E-state index contributed by atoms with van der Waals surface area (Å²) in [5, 5.41) is 8.57. The summed E-state index contributed by atoms with van der Waals surface area (Å²) in [5.41, 5.74) is 3.81. The van der Waals surface area contributed by atoms with Gasteiger partial charge in [0.05, 0.1) is 6.20 Å². The third kappa shape index (κ3) is 3.38. The first-order valence-electron chi connectivity index (χ1n) is 9.19. The average molecular weight is 345 g/mol. The lowest BCUT2D eigenvalue weighted by Crippen LogP contribution is -2.28. The van der Waals surface area contributed by atoms with Crippen molar-refractivity contribution in [1.29, 1.82) is 0 Å². The van der Waals surface area contributed by atoms with Crippen LogP contribution < -0.4 is 9.80 Å². The molecule has 4 rings (SSSR count). The summed E-state index contributed by atoms with van der Waals surface area (Å²) in [6.07, 6.45) is 3.97. The number of fused-ring (bicyclic) bond motifs is 1. The van der Waals surface area contributed by atoms with E-state index in [0.29, 0.717) is 5.95 Å². The molecule has 0 aliphatic carbocycles. The lowest BCUT2D eigenvalue weighted by molar-refractivity contribution is 0.732. The summed E-state index contributed by atoms with van der Waals surface area (Å²) in [7, 11) is 0. The van der Waals surface area contributed by atoms with Gasteiger partial charge in [0.1, 0.15) is 0 Å². The third-order valence-corrected chi connectivity index (χ3v) is 4.81. The molecule has 0 unspecified atom stereocenters. The number of aromatic nitrogens is 3. The van der Waals surface area contributed by atoms with Crippen molar-refractivity contribution in [2.45, 2.75) is 26.3 Å². The highest BCUT2D eigenvalue weighted by Crippen LogP contribution is 2.31. The zero-order chi connectivity index (χ0) is 17.8. The van der Waals surface area contributed by atoms with Crippen molar-refractivity contribution in [3.8, 4) is 0 Å². The highest BCUT2D eigenvalue weighted by atomic mass is 15.4. The number of rotatable bonds is 5. The molecular formula is C21H23N5. The first-order valence-corrected chi connectivity index (χ1v) is 9.19. The van der Waals surface area contributed by atoms with Gasteiger partial charge in [0.25, 0.3) is 5.95 Å². The Morgan fingerprint density at radius 3 is 2.69 bits per heavy atom. The van der Waals surface area contributed by atoms with E-state index in [9.17, 15) is 0 Å². The lowest BCUT2D eigenvalue weighted by atomic mass is 10.0. The monoisotopic (exact) mass is 345 g/mol. The molecule has 0 saturated carbocycles. The summed E-state index contributed by atoms with van der Waals surface area (Å²) in [4.78, 5) is 9.25. The number of para-hydroxylation sites is 1. The summed E-state index contributed by atoms with van der Waals surface area (Å²) in [5.74, 6) is 1.55. The van der Waals surface area contributed by atoms with Crippen molar-refractivity contribution >= 4 is 17.5 Å². The van der Waals surface area contributed by atoms with E-state index >= 15 is 0 Å². The average Bonchev–Trinajstić information content (AvgIpc) is 2.72. The number of benzene rings is 2. The van der Waals surface area contributed by atoms with Crippen LogP contribution in [0.3, 0.4) is 0 Å². The highest BCUT2D eigenvalue weighted by molar-refractivity contribution is 5.63. The molecule has 0 spiro atoms. The normalized spacial score (nSPS) is 13.3. The number of hydrogen-bond donors (Lipinski definition) is 0. The molecular weight excluding hydrogens is 322 g/mol. The van der Waals surface area contributed by atoms with Gasteiger partial charge in [0, 0.05) is 25.3 Å². The molecule has 0 amide bonds. The fourth-order valence-electron chi connectivity index (χ4n) is 3.45. The molecule has 0 atom stereocenters. The van der Waals surface area contributed by atoms with E-state index in [2.05, 4.69) is 75.5 Å². The van der Waals surface area contributed by atoms with Gasteiger partial charge < -0.3 is 9.80 Å². The van der Waals surface area contributed by atoms with Gasteiger partial charge in [-0.2, -0.15) is 10.1 Å². The second-order valence-corrected chi connectivity index (χ2v) is 6.50. The van der Waals surface area contributed by atoms with Crippen LogP contribution in [-0.2, 0) is 13.0 Å². The first kappa shape index (κ1) is 16.5. The van der Waals surface area contributed by atoms with Crippen molar-refractivity contribution in [3.05, 3.63) is 71.9 Å². The Morgan fingerprint density at radius 2 is 1.85 bits per heavy atom. The van der Waals surface area contributed by atoms with Gasteiger partial charge in [-0.05, 0) is 37.0 Å². The van der Waals surface area contributed by atoms with Gasteiger partial charge in [-0.3, -0.25) is 0 Å². The number of hydrogen-bond acceptors (Lipinski definition) is 5. The van der Waals surface area contributed by atoms with Crippen LogP contribution in [0.25, 0.3) is 0 Å². The van der Waals surface area contributed by atoms with Crippen LogP contribution in [0, 0.1) is 0 Å². The zero-order valence-corrected chi connectivity index (χ0v) is 15.0. The van der Waals surface area contributed by atoms with E-state index < -0.39 is 0 Å². The Kier molecular flexibility index (Phi) is 4.78. The molecule has 3 aromatic rings. The van der Waals surface area contributed by atoms with Crippen molar-refractivity contribution in [1.82, 2.24) is 15.2 Å². The predicted octanol–water partition coefficient (Wildman–Crippen LogP) is 3.98.